The molecular formula is C7H8ClNO. The molecule has 1 aromatic rings. The molecular weight excluding hydrogens is 150 g/mol. The summed E-state index contributed by atoms with van der Waals surface area (Å²) in [7, 11) is 1.58. The van der Waals surface area contributed by atoms with Crippen LogP contribution in [0.25, 0.3) is 0 Å². The summed E-state index contributed by atoms with van der Waals surface area (Å²) in [5.74, 6) is 0.657. The molecule has 54 valence electrons. The van der Waals surface area contributed by atoms with Gasteiger partial charge in [0, 0.05) is 6.20 Å². The Kier molecular flexibility index (Phi) is 2.12. The van der Waals surface area contributed by atoms with Crippen molar-refractivity contribution < 1.29 is 4.74 Å². The zero-order chi connectivity index (χ0) is 7.56. The van der Waals surface area contributed by atoms with Crippen molar-refractivity contribution in [1.29, 1.82) is 0 Å². The van der Waals surface area contributed by atoms with Gasteiger partial charge >= 0.3 is 0 Å². The van der Waals surface area contributed by atoms with Crippen LogP contribution in [-0.4, -0.2) is 12.1 Å². The lowest BCUT2D eigenvalue weighted by Gasteiger charge is -2.03. The van der Waals surface area contributed by atoms with Crippen molar-refractivity contribution in [2.75, 3.05) is 7.11 Å². The summed E-state index contributed by atoms with van der Waals surface area (Å²) in [5.41, 5.74) is 1.00. The summed E-state index contributed by atoms with van der Waals surface area (Å²) < 4.78 is 4.98. The second kappa shape index (κ2) is 2.88. The van der Waals surface area contributed by atoms with Gasteiger partial charge in [0.2, 0.25) is 0 Å². The van der Waals surface area contributed by atoms with Gasteiger partial charge in [0.05, 0.1) is 7.11 Å². The molecule has 0 fully saturated rings. The maximum Gasteiger partial charge on any atom is 0.171 e. The normalized spacial score (nSPS) is 9.50. The number of ether oxygens (including phenoxy) is 1. The van der Waals surface area contributed by atoms with Gasteiger partial charge in [-0.15, -0.1) is 0 Å². The fourth-order valence-corrected chi connectivity index (χ4v) is 1.04. The maximum atomic E-state index is 5.69. The number of nitrogens with zero attached hydrogens (tertiary/aromatic N) is 1. The minimum absolute atomic E-state index is 0.419. The molecule has 0 aromatic carbocycles. The van der Waals surface area contributed by atoms with E-state index in [0.717, 1.165) is 5.56 Å². The first-order valence-electron chi connectivity index (χ1n) is 2.91. The standard InChI is InChI=1S/C7H8ClNO/c1-5-3-4-9-7(8)6(5)10-2/h3-4H,1-2H3. The van der Waals surface area contributed by atoms with E-state index in [9.17, 15) is 0 Å². The van der Waals surface area contributed by atoms with Crippen LogP contribution in [0, 0.1) is 6.92 Å². The highest BCUT2D eigenvalue weighted by atomic mass is 35.5. The van der Waals surface area contributed by atoms with Crippen LogP contribution in [0.2, 0.25) is 5.15 Å². The van der Waals surface area contributed by atoms with Crippen molar-refractivity contribution in [2.45, 2.75) is 6.92 Å². The lowest BCUT2D eigenvalue weighted by atomic mass is 10.3. The molecule has 1 heterocycles. The number of aryl methyl sites for hydroxylation is 1. The molecule has 0 atom stereocenters. The van der Waals surface area contributed by atoms with Gasteiger partial charge in [-0.2, -0.15) is 0 Å². The van der Waals surface area contributed by atoms with E-state index in [-0.39, 0.29) is 0 Å². The molecule has 0 radical (unpaired) electrons. The van der Waals surface area contributed by atoms with E-state index in [0.29, 0.717) is 10.9 Å². The first-order valence-corrected chi connectivity index (χ1v) is 3.28. The Morgan fingerprint density at radius 3 is 2.70 bits per heavy atom. The summed E-state index contributed by atoms with van der Waals surface area (Å²) in [6.45, 7) is 1.92. The van der Waals surface area contributed by atoms with Crippen molar-refractivity contribution in [3.63, 3.8) is 0 Å². The molecule has 0 saturated carbocycles. The van der Waals surface area contributed by atoms with Gasteiger partial charge in [0.25, 0.3) is 0 Å². The Bertz CT molecular complexity index is 217. The highest BCUT2D eigenvalue weighted by molar-refractivity contribution is 6.30. The van der Waals surface area contributed by atoms with Crippen LogP contribution in [0.15, 0.2) is 12.3 Å². The maximum absolute atomic E-state index is 5.69. The van der Waals surface area contributed by atoms with Crippen LogP contribution in [0.1, 0.15) is 5.56 Å². The van der Waals surface area contributed by atoms with Crippen molar-refractivity contribution in [3.05, 3.63) is 23.0 Å². The molecule has 0 aliphatic carbocycles. The molecule has 1 aromatic heterocycles. The average molecular weight is 158 g/mol. The molecule has 3 heteroatoms. The predicted molar refractivity (Wildman–Crippen MR) is 40.5 cm³/mol. The van der Waals surface area contributed by atoms with Crippen LogP contribution < -0.4 is 4.74 Å². The summed E-state index contributed by atoms with van der Waals surface area (Å²) in [6.07, 6.45) is 1.65. The van der Waals surface area contributed by atoms with Crippen LogP contribution >= 0.6 is 11.6 Å². The van der Waals surface area contributed by atoms with Crippen LogP contribution in [0.3, 0.4) is 0 Å². The smallest absolute Gasteiger partial charge is 0.171 e. The van der Waals surface area contributed by atoms with Gasteiger partial charge in [0.1, 0.15) is 0 Å². The van der Waals surface area contributed by atoms with Crippen LogP contribution in [-0.2, 0) is 0 Å². The van der Waals surface area contributed by atoms with Crippen molar-refractivity contribution in [3.8, 4) is 5.75 Å². The first kappa shape index (κ1) is 7.35. The van der Waals surface area contributed by atoms with E-state index < -0.39 is 0 Å². The average Bonchev–Trinajstić information content (AvgIpc) is 1.88. The molecule has 0 aliphatic rings. The fraction of sp³-hybridized carbons (Fsp3) is 0.286. The Morgan fingerprint density at radius 2 is 2.30 bits per heavy atom. The molecule has 0 spiro atoms. The zero-order valence-electron chi connectivity index (χ0n) is 5.89. The van der Waals surface area contributed by atoms with E-state index in [1.54, 1.807) is 13.3 Å². The summed E-state index contributed by atoms with van der Waals surface area (Å²) in [6, 6.07) is 1.85. The number of methoxy groups -OCH3 is 1. The van der Waals surface area contributed by atoms with Crippen molar-refractivity contribution >= 4 is 11.6 Å². The van der Waals surface area contributed by atoms with Gasteiger partial charge in [0.15, 0.2) is 10.9 Å². The molecule has 2 nitrogen and oxygen atoms in total. The first-order chi connectivity index (χ1) is 4.75. The van der Waals surface area contributed by atoms with Crippen LogP contribution in [0.5, 0.6) is 5.75 Å². The zero-order valence-corrected chi connectivity index (χ0v) is 6.64. The Morgan fingerprint density at radius 1 is 1.60 bits per heavy atom. The second-order valence-electron chi connectivity index (χ2n) is 1.95. The third-order valence-electron chi connectivity index (χ3n) is 1.26. The number of rotatable bonds is 1. The number of halogens is 1. The van der Waals surface area contributed by atoms with Gasteiger partial charge in [-0.25, -0.2) is 4.98 Å². The van der Waals surface area contributed by atoms with Gasteiger partial charge < -0.3 is 4.74 Å². The van der Waals surface area contributed by atoms with E-state index >= 15 is 0 Å². The van der Waals surface area contributed by atoms with E-state index in [1.165, 1.54) is 0 Å². The molecule has 0 amide bonds. The Balaban J connectivity index is 3.17. The second-order valence-corrected chi connectivity index (χ2v) is 2.31. The van der Waals surface area contributed by atoms with E-state index in [2.05, 4.69) is 4.98 Å². The molecule has 0 bridgehead atoms. The predicted octanol–water partition coefficient (Wildman–Crippen LogP) is 2.05. The minimum atomic E-state index is 0.419. The number of pyridine rings is 1. The summed E-state index contributed by atoms with van der Waals surface area (Å²) >= 11 is 5.69. The lowest BCUT2D eigenvalue weighted by Crippen LogP contribution is -1.89. The SMILES string of the molecule is COc1c(C)ccnc1Cl. The topological polar surface area (TPSA) is 22.1 Å². The van der Waals surface area contributed by atoms with Crippen LogP contribution in [0.4, 0.5) is 0 Å². The minimum Gasteiger partial charge on any atom is -0.493 e. The van der Waals surface area contributed by atoms with Crippen molar-refractivity contribution in [1.82, 2.24) is 4.98 Å². The molecule has 10 heavy (non-hydrogen) atoms. The van der Waals surface area contributed by atoms with Crippen molar-refractivity contribution in [2.24, 2.45) is 0 Å². The highest BCUT2D eigenvalue weighted by Crippen LogP contribution is 2.24. The Hall–Kier alpha value is -0.760. The van der Waals surface area contributed by atoms with E-state index in [1.807, 2.05) is 13.0 Å². The molecule has 0 unspecified atom stereocenters. The molecule has 0 saturated heterocycles. The van der Waals surface area contributed by atoms with Gasteiger partial charge in [-0.1, -0.05) is 11.6 Å². The highest BCUT2D eigenvalue weighted by Gasteiger charge is 2.02. The monoisotopic (exact) mass is 157 g/mol. The molecule has 1 rings (SSSR count). The largest absolute Gasteiger partial charge is 0.493 e. The van der Waals surface area contributed by atoms with Gasteiger partial charge in [-0.05, 0) is 18.6 Å². The third kappa shape index (κ3) is 1.21. The lowest BCUT2D eigenvalue weighted by molar-refractivity contribution is 0.410. The number of hydrogen-bond acceptors (Lipinski definition) is 2. The van der Waals surface area contributed by atoms with Gasteiger partial charge in [-0.3, -0.25) is 0 Å². The number of aromatic nitrogens is 1. The summed E-state index contributed by atoms with van der Waals surface area (Å²) in [4.78, 5) is 3.85. The number of hydrogen-bond donors (Lipinski definition) is 0. The molecule has 0 N–H and O–H groups in total. The van der Waals surface area contributed by atoms with E-state index in [4.69, 9.17) is 16.3 Å². The Labute approximate surface area is 64.8 Å². The summed E-state index contributed by atoms with van der Waals surface area (Å²) in [5, 5.41) is 0.419. The molecule has 0 aliphatic heterocycles. The fourth-order valence-electron chi connectivity index (χ4n) is 0.757. The third-order valence-corrected chi connectivity index (χ3v) is 1.53. The quantitative estimate of drug-likeness (QED) is 0.583.